The van der Waals surface area contributed by atoms with Crippen LogP contribution in [-0.2, 0) is 16.6 Å². The van der Waals surface area contributed by atoms with Crippen LogP contribution in [-0.4, -0.2) is 20.2 Å². The number of ether oxygens (including phenoxy) is 1. The van der Waals surface area contributed by atoms with Crippen LogP contribution in [0.4, 0.5) is 0 Å². The predicted molar refractivity (Wildman–Crippen MR) is 106 cm³/mol. The van der Waals surface area contributed by atoms with Crippen molar-refractivity contribution in [2.75, 3.05) is 6.61 Å². The molecule has 144 valence electrons. The van der Waals surface area contributed by atoms with Gasteiger partial charge in [-0.2, -0.15) is 0 Å². The lowest BCUT2D eigenvalue weighted by molar-refractivity contribution is 0.340. The normalized spacial score (nSPS) is 11.7. The molecule has 0 saturated carbocycles. The van der Waals surface area contributed by atoms with Crippen LogP contribution in [0.1, 0.15) is 27.9 Å². The Kier molecular flexibility index (Phi) is 5.69. The fourth-order valence-corrected chi connectivity index (χ4v) is 5.75. The molecule has 0 bridgehead atoms. The zero-order chi connectivity index (χ0) is 19.6. The van der Waals surface area contributed by atoms with Gasteiger partial charge in [-0.3, -0.25) is 0 Å². The average molecular weight is 407 g/mol. The van der Waals surface area contributed by atoms with E-state index < -0.39 is 10.0 Å². The van der Waals surface area contributed by atoms with Crippen LogP contribution in [0.15, 0.2) is 39.8 Å². The van der Waals surface area contributed by atoms with Gasteiger partial charge in [0, 0.05) is 22.4 Å². The van der Waals surface area contributed by atoms with Crippen LogP contribution in [0.3, 0.4) is 0 Å². The Morgan fingerprint density at radius 3 is 2.44 bits per heavy atom. The van der Waals surface area contributed by atoms with E-state index in [9.17, 15) is 8.42 Å². The maximum atomic E-state index is 13.0. The molecule has 0 amide bonds. The third-order valence-corrected chi connectivity index (χ3v) is 6.77. The van der Waals surface area contributed by atoms with Gasteiger partial charge in [-0.15, -0.1) is 11.3 Å². The summed E-state index contributed by atoms with van der Waals surface area (Å²) in [6, 6.07) is 9.10. The number of sulfonamides is 1. The second kappa shape index (κ2) is 7.84. The predicted octanol–water partition coefficient (Wildman–Crippen LogP) is 4.21. The fourth-order valence-electron chi connectivity index (χ4n) is 2.87. The number of aromatic nitrogens is 1. The van der Waals surface area contributed by atoms with Crippen LogP contribution < -0.4 is 9.46 Å². The van der Waals surface area contributed by atoms with Gasteiger partial charge >= 0.3 is 0 Å². The molecule has 0 aliphatic carbocycles. The Balaban J connectivity index is 1.87. The highest BCUT2D eigenvalue weighted by molar-refractivity contribution is 7.89. The molecule has 2 heterocycles. The maximum absolute atomic E-state index is 13.0. The summed E-state index contributed by atoms with van der Waals surface area (Å²) in [5, 5.41) is 3.89. The third-order valence-electron chi connectivity index (χ3n) is 4.05. The quantitative estimate of drug-likeness (QED) is 0.636. The molecule has 0 radical (unpaired) electrons. The lowest BCUT2D eigenvalue weighted by Crippen LogP contribution is -2.24. The minimum absolute atomic E-state index is 0.192. The average Bonchev–Trinajstić information content (AvgIpc) is 3.17. The second-order valence-electron chi connectivity index (χ2n) is 6.15. The van der Waals surface area contributed by atoms with E-state index in [1.807, 2.05) is 38.1 Å². The molecule has 1 N–H and O–H groups in total. The molecular weight excluding hydrogens is 384 g/mol. The van der Waals surface area contributed by atoms with Gasteiger partial charge in [0.05, 0.1) is 17.9 Å². The standard InChI is InChI=1S/C19H22N2O4S2/c1-5-24-16-8-6-15(7-9-16)11-20-27(22,23)19-14(4)26-13(3)18(19)17-10-12(2)21-25-17/h6-10,20H,5,11H2,1-4H3. The molecule has 0 unspecified atom stereocenters. The number of hydrogen-bond acceptors (Lipinski definition) is 6. The molecule has 0 saturated heterocycles. The molecule has 0 aliphatic heterocycles. The lowest BCUT2D eigenvalue weighted by atomic mass is 10.2. The van der Waals surface area contributed by atoms with Gasteiger partial charge in [0.1, 0.15) is 10.6 Å². The van der Waals surface area contributed by atoms with Crippen molar-refractivity contribution in [1.82, 2.24) is 9.88 Å². The molecule has 0 aliphatic rings. The zero-order valence-electron chi connectivity index (χ0n) is 15.7. The van der Waals surface area contributed by atoms with Gasteiger partial charge in [0.25, 0.3) is 0 Å². The van der Waals surface area contributed by atoms with Gasteiger partial charge in [-0.25, -0.2) is 13.1 Å². The van der Waals surface area contributed by atoms with Crippen molar-refractivity contribution >= 4 is 21.4 Å². The highest BCUT2D eigenvalue weighted by Gasteiger charge is 2.28. The summed E-state index contributed by atoms with van der Waals surface area (Å²) in [7, 11) is -3.72. The van der Waals surface area contributed by atoms with E-state index >= 15 is 0 Å². The number of thiophene rings is 1. The Labute approximate surface area is 163 Å². The highest BCUT2D eigenvalue weighted by Crippen LogP contribution is 2.39. The van der Waals surface area contributed by atoms with Gasteiger partial charge in [-0.05, 0) is 45.4 Å². The van der Waals surface area contributed by atoms with E-state index in [0.29, 0.717) is 23.6 Å². The van der Waals surface area contributed by atoms with E-state index in [1.165, 1.54) is 11.3 Å². The molecular formula is C19H22N2O4S2. The number of hydrogen-bond donors (Lipinski definition) is 1. The third kappa shape index (κ3) is 4.23. The molecule has 0 fully saturated rings. The summed E-state index contributed by atoms with van der Waals surface area (Å²) < 4.78 is 39.5. The van der Waals surface area contributed by atoms with Gasteiger partial charge in [0.2, 0.25) is 10.0 Å². The minimum atomic E-state index is -3.72. The van der Waals surface area contributed by atoms with E-state index in [0.717, 1.165) is 21.1 Å². The van der Waals surface area contributed by atoms with Gasteiger partial charge < -0.3 is 9.26 Å². The van der Waals surface area contributed by atoms with Crippen molar-refractivity contribution in [1.29, 1.82) is 0 Å². The van der Waals surface area contributed by atoms with Crippen LogP contribution in [0.25, 0.3) is 11.3 Å². The van der Waals surface area contributed by atoms with E-state index in [2.05, 4.69) is 9.88 Å². The summed E-state index contributed by atoms with van der Waals surface area (Å²) in [4.78, 5) is 1.85. The lowest BCUT2D eigenvalue weighted by Gasteiger charge is -2.09. The van der Waals surface area contributed by atoms with Crippen LogP contribution in [0, 0.1) is 20.8 Å². The molecule has 2 aromatic heterocycles. The first-order valence-corrected chi connectivity index (χ1v) is 10.9. The molecule has 0 spiro atoms. The fraction of sp³-hybridized carbons (Fsp3) is 0.316. The molecule has 0 atom stereocenters. The number of nitrogens with one attached hydrogen (secondary N) is 1. The SMILES string of the molecule is CCOc1ccc(CNS(=O)(=O)c2c(C)sc(C)c2-c2cc(C)no2)cc1. The largest absolute Gasteiger partial charge is 0.494 e. The molecule has 3 rings (SSSR count). The second-order valence-corrected chi connectivity index (χ2v) is 9.29. The number of benzene rings is 1. The first kappa shape index (κ1) is 19.6. The van der Waals surface area contributed by atoms with Crippen LogP contribution in [0.2, 0.25) is 0 Å². The van der Waals surface area contributed by atoms with E-state index in [1.54, 1.807) is 19.9 Å². The summed E-state index contributed by atoms with van der Waals surface area (Å²) in [6.07, 6.45) is 0. The first-order valence-electron chi connectivity index (χ1n) is 8.57. The number of aryl methyl sites for hydroxylation is 3. The van der Waals surface area contributed by atoms with Crippen molar-refractivity contribution < 1.29 is 17.7 Å². The molecule has 1 aromatic carbocycles. The highest BCUT2D eigenvalue weighted by atomic mass is 32.2. The van der Waals surface area contributed by atoms with Crippen molar-refractivity contribution in [2.45, 2.75) is 39.1 Å². The van der Waals surface area contributed by atoms with Gasteiger partial charge in [0.15, 0.2) is 5.76 Å². The topological polar surface area (TPSA) is 81.4 Å². The molecule has 6 nitrogen and oxygen atoms in total. The minimum Gasteiger partial charge on any atom is -0.494 e. The molecule has 8 heteroatoms. The Morgan fingerprint density at radius 2 is 1.85 bits per heavy atom. The molecule has 27 heavy (non-hydrogen) atoms. The Hall–Kier alpha value is -2.16. The summed E-state index contributed by atoms with van der Waals surface area (Å²) in [5.74, 6) is 1.23. The smallest absolute Gasteiger partial charge is 0.242 e. The summed E-state index contributed by atoms with van der Waals surface area (Å²) >= 11 is 1.43. The first-order chi connectivity index (χ1) is 12.8. The zero-order valence-corrected chi connectivity index (χ0v) is 17.3. The van der Waals surface area contributed by atoms with Crippen molar-refractivity contribution in [3.05, 3.63) is 51.3 Å². The van der Waals surface area contributed by atoms with E-state index in [4.69, 9.17) is 9.26 Å². The monoisotopic (exact) mass is 406 g/mol. The van der Waals surface area contributed by atoms with Crippen LogP contribution in [0.5, 0.6) is 5.75 Å². The Morgan fingerprint density at radius 1 is 1.15 bits per heavy atom. The van der Waals surface area contributed by atoms with E-state index in [-0.39, 0.29) is 11.4 Å². The number of rotatable bonds is 7. The van der Waals surface area contributed by atoms with Crippen molar-refractivity contribution in [3.63, 3.8) is 0 Å². The summed E-state index contributed by atoms with van der Waals surface area (Å²) in [5.41, 5.74) is 2.14. The van der Waals surface area contributed by atoms with Gasteiger partial charge in [-0.1, -0.05) is 17.3 Å². The maximum Gasteiger partial charge on any atom is 0.242 e. The summed E-state index contributed by atoms with van der Waals surface area (Å²) in [6.45, 7) is 8.19. The molecule has 3 aromatic rings. The van der Waals surface area contributed by atoms with Crippen molar-refractivity contribution in [2.24, 2.45) is 0 Å². The number of nitrogens with zero attached hydrogens (tertiary/aromatic N) is 1. The Bertz CT molecular complexity index is 1030. The van der Waals surface area contributed by atoms with Crippen LogP contribution >= 0.6 is 11.3 Å². The van der Waals surface area contributed by atoms with Crippen molar-refractivity contribution in [3.8, 4) is 17.1 Å².